The van der Waals surface area contributed by atoms with Gasteiger partial charge >= 0.3 is 12.0 Å². The Morgan fingerprint density at radius 1 is 1.38 bits per heavy atom. The third kappa shape index (κ3) is 6.07. The van der Waals surface area contributed by atoms with E-state index in [1.807, 2.05) is 0 Å². The summed E-state index contributed by atoms with van der Waals surface area (Å²) < 4.78 is 9.58. The second kappa shape index (κ2) is 6.16. The number of nitrogens with one attached hydrogen (secondary N) is 1. The third-order valence-corrected chi connectivity index (χ3v) is 1.41. The Hall–Kier alpha value is -1.50. The number of methoxy groups -OCH3 is 1. The molecule has 0 aromatic carbocycles. The van der Waals surface area contributed by atoms with Crippen LogP contribution in [0.1, 0.15) is 20.8 Å². The van der Waals surface area contributed by atoms with Crippen molar-refractivity contribution in [2.24, 2.45) is 5.18 Å². The van der Waals surface area contributed by atoms with Gasteiger partial charge in [0.2, 0.25) is 0 Å². The fourth-order valence-corrected chi connectivity index (χ4v) is 0.855. The number of hydrogen-bond acceptors (Lipinski definition) is 5. The van der Waals surface area contributed by atoms with E-state index >= 15 is 0 Å². The van der Waals surface area contributed by atoms with Gasteiger partial charge in [-0.1, -0.05) is 0 Å². The summed E-state index contributed by atoms with van der Waals surface area (Å²) in [5.41, 5.74) is -0.681. The van der Waals surface area contributed by atoms with Crippen molar-refractivity contribution in [2.75, 3.05) is 13.7 Å². The molecule has 0 unspecified atom stereocenters. The summed E-state index contributed by atoms with van der Waals surface area (Å²) in [5.74, 6) is -1.01. The highest BCUT2D eigenvalue weighted by Crippen LogP contribution is 2.06. The van der Waals surface area contributed by atoms with Crippen LogP contribution in [0.5, 0.6) is 0 Å². The van der Waals surface area contributed by atoms with Gasteiger partial charge in [-0.05, 0) is 20.8 Å². The lowest BCUT2D eigenvalue weighted by molar-refractivity contribution is -0.121. The lowest BCUT2D eigenvalue weighted by Crippen LogP contribution is -2.45. The highest BCUT2D eigenvalue weighted by atomic mass is 16.6. The summed E-state index contributed by atoms with van der Waals surface area (Å²) in [6.07, 6.45) is -0.799. The molecular formula is C9H16N2O5. The van der Waals surface area contributed by atoms with Crippen LogP contribution < -0.4 is 5.32 Å². The van der Waals surface area contributed by atoms with Crippen LogP contribution in [0.15, 0.2) is 5.18 Å². The third-order valence-electron chi connectivity index (χ3n) is 1.41. The second-order valence-corrected chi connectivity index (χ2v) is 4.08. The highest BCUT2D eigenvalue weighted by Gasteiger charge is 2.24. The van der Waals surface area contributed by atoms with E-state index < -0.39 is 23.6 Å². The number of nitroso groups, excluding NO2 is 1. The molecule has 0 fully saturated rings. The van der Waals surface area contributed by atoms with Crippen molar-refractivity contribution < 1.29 is 19.1 Å². The van der Waals surface area contributed by atoms with Gasteiger partial charge in [0.15, 0.2) is 0 Å². The first-order valence-electron chi connectivity index (χ1n) is 4.66. The van der Waals surface area contributed by atoms with E-state index in [9.17, 15) is 14.5 Å². The molecule has 0 aliphatic heterocycles. The van der Waals surface area contributed by atoms with Crippen molar-refractivity contribution in [1.82, 2.24) is 5.32 Å². The van der Waals surface area contributed by atoms with E-state index in [2.05, 4.69) is 15.2 Å². The average Bonchev–Trinajstić information content (AvgIpc) is 2.13. The zero-order chi connectivity index (χ0) is 12.8. The quantitative estimate of drug-likeness (QED) is 0.724. The summed E-state index contributed by atoms with van der Waals surface area (Å²) in [4.78, 5) is 32.3. The van der Waals surface area contributed by atoms with E-state index in [-0.39, 0.29) is 6.61 Å². The Morgan fingerprint density at radius 3 is 2.31 bits per heavy atom. The normalized spacial score (nSPS) is 12.8. The first-order valence-corrected chi connectivity index (χ1v) is 4.66. The van der Waals surface area contributed by atoms with Gasteiger partial charge in [-0.15, -0.1) is 4.91 Å². The molecule has 16 heavy (non-hydrogen) atoms. The van der Waals surface area contributed by atoms with E-state index in [4.69, 9.17) is 4.74 Å². The monoisotopic (exact) mass is 232 g/mol. The molecule has 1 atom stereocenters. The van der Waals surface area contributed by atoms with Crippen molar-refractivity contribution in [1.29, 1.82) is 0 Å². The number of alkyl carbamates (subject to hydrolysis) is 1. The van der Waals surface area contributed by atoms with Gasteiger partial charge < -0.3 is 14.8 Å². The standard InChI is InChI=1S/C9H16N2O5/c1-9(2,3)16-8(13)10-6(5-15-4)7(12)11-14/h6H,5H2,1-4H3,(H,10,13)/t6-/m0/s1. The summed E-state index contributed by atoms with van der Waals surface area (Å²) >= 11 is 0. The van der Waals surface area contributed by atoms with Crippen molar-refractivity contribution in [3.8, 4) is 0 Å². The van der Waals surface area contributed by atoms with Gasteiger partial charge in [0, 0.05) is 12.3 Å². The summed E-state index contributed by atoms with van der Waals surface area (Å²) in [6, 6.07) is -1.11. The Balaban J connectivity index is 4.34. The molecule has 7 nitrogen and oxygen atoms in total. The molecule has 0 aliphatic carbocycles. The van der Waals surface area contributed by atoms with Crippen molar-refractivity contribution in [3.05, 3.63) is 4.91 Å². The first-order chi connectivity index (χ1) is 7.30. The number of rotatable bonds is 4. The maximum atomic E-state index is 11.3. The zero-order valence-corrected chi connectivity index (χ0v) is 9.77. The van der Waals surface area contributed by atoms with Crippen LogP contribution in [0, 0.1) is 4.91 Å². The molecule has 0 heterocycles. The molecule has 0 rings (SSSR count). The fraction of sp³-hybridized carbons (Fsp3) is 0.778. The van der Waals surface area contributed by atoms with E-state index in [1.165, 1.54) is 7.11 Å². The molecule has 7 heteroatoms. The Labute approximate surface area is 93.5 Å². The number of ether oxygens (including phenoxy) is 2. The van der Waals surface area contributed by atoms with Crippen molar-refractivity contribution >= 4 is 12.0 Å². The van der Waals surface area contributed by atoms with Gasteiger partial charge in [-0.3, -0.25) is 4.79 Å². The molecule has 0 saturated heterocycles. The molecule has 0 aromatic heterocycles. The molecule has 92 valence electrons. The number of hydrogen-bond donors (Lipinski definition) is 1. The lowest BCUT2D eigenvalue weighted by Gasteiger charge is -2.21. The molecule has 0 bridgehead atoms. The van der Waals surface area contributed by atoms with Crippen molar-refractivity contribution in [2.45, 2.75) is 32.4 Å². The van der Waals surface area contributed by atoms with Crippen LogP contribution in [0.25, 0.3) is 0 Å². The molecule has 0 aromatic rings. The topological polar surface area (TPSA) is 94.1 Å². The predicted molar refractivity (Wildman–Crippen MR) is 55.8 cm³/mol. The molecule has 0 radical (unpaired) electrons. The minimum atomic E-state index is -1.11. The lowest BCUT2D eigenvalue weighted by atomic mass is 10.2. The number of amides is 2. The minimum Gasteiger partial charge on any atom is -0.444 e. The van der Waals surface area contributed by atoms with Gasteiger partial charge in [-0.25, -0.2) is 4.79 Å². The minimum absolute atomic E-state index is 0.135. The van der Waals surface area contributed by atoms with E-state index in [1.54, 1.807) is 20.8 Å². The first kappa shape index (κ1) is 14.5. The Morgan fingerprint density at radius 2 is 1.94 bits per heavy atom. The number of nitrogens with zero attached hydrogens (tertiary/aromatic N) is 1. The molecular weight excluding hydrogens is 216 g/mol. The van der Waals surface area contributed by atoms with Crippen LogP contribution in [-0.2, 0) is 14.3 Å². The number of carbonyl (C=O) groups is 2. The van der Waals surface area contributed by atoms with Crippen LogP contribution in [0.3, 0.4) is 0 Å². The average molecular weight is 232 g/mol. The molecule has 2 amide bonds. The molecule has 0 saturated carbocycles. The zero-order valence-electron chi connectivity index (χ0n) is 9.77. The maximum absolute atomic E-state index is 11.3. The fourth-order valence-electron chi connectivity index (χ4n) is 0.855. The summed E-state index contributed by atoms with van der Waals surface area (Å²) in [5, 5.41) is 4.41. The van der Waals surface area contributed by atoms with E-state index in [0.29, 0.717) is 0 Å². The maximum Gasteiger partial charge on any atom is 0.408 e. The number of carbonyl (C=O) groups excluding carboxylic acids is 2. The second-order valence-electron chi connectivity index (χ2n) is 4.08. The summed E-state index contributed by atoms with van der Waals surface area (Å²) in [6.45, 7) is 4.90. The van der Waals surface area contributed by atoms with Crippen LogP contribution in [0.4, 0.5) is 4.79 Å². The largest absolute Gasteiger partial charge is 0.444 e. The molecule has 0 aliphatic rings. The van der Waals surface area contributed by atoms with Crippen LogP contribution in [-0.4, -0.2) is 37.4 Å². The Bertz CT molecular complexity index is 272. The van der Waals surface area contributed by atoms with Gasteiger partial charge in [-0.2, -0.15) is 0 Å². The molecule has 1 N–H and O–H groups in total. The van der Waals surface area contributed by atoms with Crippen LogP contribution in [0.2, 0.25) is 0 Å². The predicted octanol–water partition coefficient (Wildman–Crippen LogP) is 0.819. The SMILES string of the molecule is COC[C@H](NC(=O)OC(C)(C)C)C(=O)N=O. The van der Waals surface area contributed by atoms with Gasteiger partial charge in [0.05, 0.1) is 6.61 Å². The Kier molecular flexibility index (Phi) is 5.59. The molecule has 0 spiro atoms. The summed E-state index contributed by atoms with van der Waals surface area (Å²) in [7, 11) is 1.34. The van der Waals surface area contributed by atoms with E-state index in [0.717, 1.165) is 0 Å². The van der Waals surface area contributed by atoms with Crippen LogP contribution >= 0.6 is 0 Å². The van der Waals surface area contributed by atoms with Gasteiger partial charge in [0.25, 0.3) is 0 Å². The highest BCUT2D eigenvalue weighted by molar-refractivity contribution is 5.86. The smallest absolute Gasteiger partial charge is 0.408 e. The van der Waals surface area contributed by atoms with Gasteiger partial charge in [0.1, 0.15) is 11.6 Å². The van der Waals surface area contributed by atoms with Crippen molar-refractivity contribution in [3.63, 3.8) is 0 Å².